The van der Waals surface area contributed by atoms with Crippen LogP contribution in [0.2, 0.25) is 0 Å². The third-order valence-corrected chi connectivity index (χ3v) is 5.33. The van der Waals surface area contributed by atoms with Crippen molar-refractivity contribution < 1.29 is 23.9 Å². The second-order valence-electron chi connectivity index (χ2n) is 6.95. The first-order chi connectivity index (χ1) is 13.7. The predicted octanol–water partition coefficient (Wildman–Crippen LogP) is 1.86. The lowest BCUT2D eigenvalue weighted by atomic mass is 10.1. The third-order valence-electron chi connectivity index (χ3n) is 5.33. The number of hydrogen-bond donors (Lipinski definition) is 2. The van der Waals surface area contributed by atoms with Crippen LogP contribution >= 0.6 is 0 Å². The second-order valence-corrected chi connectivity index (χ2v) is 6.95. The van der Waals surface area contributed by atoms with Crippen LogP contribution in [0.15, 0.2) is 42.5 Å². The Balaban J connectivity index is 1.77. The minimum absolute atomic E-state index is 0.154. The molecule has 6 nitrogen and oxygen atoms in total. The molecule has 1 saturated heterocycles. The van der Waals surface area contributed by atoms with Gasteiger partial charge in [0.2, 0.25) is 5.75 Å². The first kappa shape index (κ1) is 20.0. The highest BCUT2D eigenvalue weighted by atomic mass is 16.5. The molecule has 1 heterocycles. The van der Waals surface area contributed by atoms with E-state index < -0.39 is 0 Å². The zero-order valence-electron chi connectivity index (χ0n) is 16.8. The molecule has 1 amide bonds. The minimum Gasteiger partial charge on any atom is -0.493 e. The number of amides is 1. The largest absolute Gasteiger partial charge is 0.493 e. The van der Waals surface area contributed by atoms with Crippen LogP contribution in [0.1, 0.15) is 34.8 Å². The molecule has 2 aromatic rings. The molecule has 28 heavy (non-hydrogen) atoms. The summed E-state index contributed by atoms with van der Waals surface area (Å²) in [7, 11) is 4.63. The number of likely N-dealkylation sites (tertiary alicyclic amines) is 1. The molecular formula is C22H29N2O4+. The van der Waals surface area contributed by atoms with Crippen LogP contribution in [0.25, 0.3) is 0 Å². The molecule has 0 saturated carbocycles. The van der Waals surface area contributed by atoms with Gasteiger partial charge in [0.1, 0.15) is 6.04 Å². The molecule has 0 bridgehead atoms. The van der Waals surface area contributed by atoms with Gasteiger partial charge in [-0.05, 0) is 12.1 Å². The van der Waals surface area contributed by atoms with Crippen LogP contribution in [0.5, 0.6) is 17.2 Å². The van der Waals surface area contributed by atoms with Crippen LogP contribution in [-0.4, -0.2) is 46.9 Å². The average molecular weight is 385 g/mol. The maximum atomic E-state index is 12.9. The van der Waals surface area contributed by atoms with Gasteiger partial charge in [0.15, 0.2) is 11.5 Å². The van der Waals surface area contributed by atoms with E-state index in [9.17, 15) is 4.79 Å². The Labute approximate surface area is 166 Å². The van der Waals surface area contributed by atoms with Crippen molar-refractivity contribution in [2.75, 3.05) is 41.0 Å². The summed E-state index contributed by atoms with van der Waals surface area (Å²) in [5.41, 5.74) is 1.74. The summed E-state index contributed by atoms with van der Waals surface area (Å²) >= 11 is 0. The molecular weight excluding hydrogens is 356 g/mol. The number of methoxy groups -OCH3 is 3. The molecule has 1 fully saturated rings. The summed E-state index contributed by atoms with van der Waals surface area (Å²) in [4.78, 5) is 14.4. The molecule has 3 rings (SSSR count). The lowest BCUT2D eigenvalue weighted by molar-refractivity contribution is -0.918. The lowest BCUT2D eigenvalue weighted by Crippen LogP contribution is -3.11. The van der Waals surface area contributed by atoms with Gasteiger partial charge in [0.05, 0.1) is 41.0 Å². The van der Waals surface area contributed by atoms with E-state index in [4.69, 9.17) is 14.2 Å². The van der Waals surface area contributed by atoms with Crippen LogP contribution in [0.4, 0.5) is 0 Å². The summed E-state index contributed by atoms with van der Waals surface area (Å²) in [6, 6.07) is 14.0. The van der Waals surface area contributed by atoms with Crippen LogP contribution in [-0.2, 0) is 0 Å². The van der Waals surface area contributed by atoms with Crippen molar-refractivity contribution in [1.82, 2.24) is 5.32 Å². The highest BCUT2D eigenvalue weighted by molar-refractivity contribution is 5.95. The van der Waals surface area contributed by atoms with Gasteiger partial charge in [0, 0.05) is 24.0 Å². The Morgan fingerprint density at radius 2 is 1.61 bits per heavy atom. The molecule has 1 atom stereocenters. The van der Waals surface area contributed by atoms with E-state index >= 15 is 0 Å². The van der Waals surface area contributed by atoms with Crippen LogP contribution < -0.4 is 24.4 Å². The van der Waals surface area contributed by atoms with Crippen molar-refractivity contribution in [1.29, 1.82) is 0 Å². The summed E-state index contributed by atoms with van der Waals surface area (Å²) < 4.78 is 16.0. The number of quaternary nitrogens is 1. The van der Waals surface area contributed by atoms with Crippen LogP contribution in [0, 0.1) is 0 Å². The molecule has 1 aliphatic heterocycles. The normalized spacial score (nSPS) is 15.1. The Kier molecular flexibility index (Phi) is 6.76. The summed E-state index contributed by atoms with van der Waals surface area (Å²) in [5.74, 6) is 1.26. The zero-order valence-corrected chi connectivity index (χ0v) is 16.8. The van der Waals surface area contributed by atoms with Gasteiger partial charge in [-0.15, -0.1) is 0 Å². The monoisotopic (exact) mass is 385 g/mol. The van der Waals surface area contributed by atoms with E-state index in [0.717, 1.165) is 13.1 Å². The summed E-state index contributed by atoms with van der Waals surface area (Å²) in [5, 5.41) is 3.10. The SMILES string of the molecule is COc1cc(C(=O)NC[C@H](c2ccccc2)[NH+]2CCCC2)cc(OC)c1OC. The number of benzene rings is 2. The van der Waals surface area contributed by atoms with Gasteiger partial charge in [-0.25, -0.2) is 0 Å². The van der Waals surface area contributed by atoms with Crippen molar-refractivity contribution in [2.24, 2.45) is 0 Å². The fraction of sp³-hybridized carbons (Fsp3) is 0.409. The van der Waals surface area contributed by atoms with Crippen molar-refractivity contribution in [3.8, 4) is 17.2 Å². The molecule has 6 heteroatoms. The maximum absolute atomic E-state index is 12.9. The third kappa shape index (κ3) is 4.39. The molecule has 150 valence electrons. The average Bonchev–Trinajstić information content (AvgIpc) is 3.27. The van der Waals surface area contributed by atoms with Gasteiger partial charge in [0.25, 0.3) is 5.91 Å². The molecule has 2 N–H and O–H groups in total. The standard InChI is InChI=1S/C22H28N2O4/c1-26-19-13-17(14-20(27-2)21(19)28-3)22(25)23-15-18(24-11-7-8-12-24)16-9-5-4-6-10-16/h4-6,9-10,13-14,18H,7-8,11-12,15H2,1-3H3,(H,23,25)/p+1/t18-/m1/s1. The van der Waals surface area contributed by atoms with Gasteiger partial charge >= 0.3 is 0 Å². The highest BCUT2D eigenvalue weighted by Crippen LogP contribution is 2.38. The quantitative estimate of drug-likeness (QED) is 0.728. The maximum Gasteiger partial charge on any atom is 0.251 e. The molecule has 0 spiro atoms. The Bertz CT molecular complexity index is 763. The molecule has 0 aromatic heterocycles. The first-order valence-corrected chi connectivity index (χ1v) is 9.65. The Hall–Kier alpha value is -2.73. The first-order valence-electron chi connectivity index (χ1n) is 9.65. The van der Waals surface area contributed by atoms with E-state index in [1.54, 1.807) is 33.5 Å². The van der Waals surface area contributed by atoms with E-state index in [0.29, 0.717) is 29.4 Å². The fourth-order valence-corrected chi connectivity index (χ4v) is 3.87. The van der Waals surface area contributed by atoms with Crippen LogP contribution in [0.3, 0.4) is 0 Å². The molecule has 1 aliphatic rings. The second kappa shape index (κ2) is 9.46. The molecule has 0 aliphatic carbocycles. The predicted molar refractivity (Wildman–Crippen MR) is 108 cm³/mol. The van der Waals surface area contributed by atoms with E-state index in [-0.39, 0.29) is 11.9 Å². The van der Waals surface area contributed by atoms with Gasteiger partial charge in [-0.2, -0.15) is 0 Å². The highest BCUT2D eigenvalue weighted by Gasteiger charge is 2.28. The molecule has 0 unspecified atom stereocenters. The van der Waals surface area contributed by atoms with Crippen molar-refractivity contribution in [2.45, 2.75) is 18.9 Å². The Morgan fingerprint density at radius 1 is 1.00 bits per heavy atom. The fourth-order valence-electron chi connectivity index (χ4n) is 3.87. The number of rotatable bonds is 8. The number of ether oxygens (including phenoxy) is 3. The van der Waals surface area contributed by atoms with Crippen molar-refractivity contribution in [3.05, 3.63) is 53.6 Å². The van der Waals surface area contributed by atoms with E-state index in [1.165, 1.54) is 23.3 Å². The Morgan fingerprint density at radius 3 is 2.14 bits per heavy atom. The van der Waals surface area contributed by atoms with Crippen molar-refractivity contribution >= 4 is 5.91 Å². The zero-order chi connectivity index (χ0) is 19.9. The van der Waals surface area contributed by atoms with E-state index in [2.05, 4.69) is 29.6 Å². The van der Waals surface area contributed by atoms with Crippen molar-refractivity contribution in [3.63, 3.8) is 0 Å². The van der Waals surface area contributed by atoms with E-state index in [1.807, 2.05) is 6.07 Å². The van der Waals surface area contributed by atoms with Gasteiger partial charge in [-0.1, -0.05) is 30.3 Å². The number of carbonyl (C=O) groups is 1. The molecule has 2 aromatic carbocycles. The van der Waals surface area contributed by atoms with Gasteiger partial charge in [-0.3, -0.25) is 4.79 Å². The lowest BCUT2D eigenvalue weighted by Gasteiger charge is -2.25. The summed E-state index contributed by atoms with van der Waals surface area (Å²) in [6.07, 6.45) is 2.47. The topological polar surface area (TPSA) is 61.2 Å². The number of carbonyl (C=O) groups excluding carboxylic acids is 1. The number of hydrogen-bond acceptors (Lipinski definition) is 4. The molecule has 0 radical (unpaired) electrons. The number of nitrogens with one attached hydrogen (secondary N) is 2. The smallest absolute Gasteiger partial charge is 0.251 e. The summed E-state index contributed by atoms with van der Waals surface area (Å²) in [6.45, 7) is 2.86. The minimum atomic E-state index is -0.154. The van der Waals surface area contributed by atoms with Gasteiger partial charge < -0.3 is 24.4 Å².